The Hall–Kier alpha value is -3.59. The van der Waals surface area contributed by atoms with Crippen LogP contribution >= 0.6 is 11.8 Å². The predicted molar refractivity (Wildman–Crippen MR) is 142 cm³/mol. The van der Waals surface area contributed by atoms with Crippen LogP contribution < -0.4 is 14.2 Å². The molecule has 2 aromatic carbocycles. The van der Waals surface area contributed by atoms with E-state index in [0.717, 1.165) is 23.6 Å². The topological polar surface area (TPSA) is 96.6 Å². The third kappa shape index (κ3) is 5.31. The highest BCUT2D eigenvalue weighted by Gasteiger charge is 2.37. The Kier molecular flexibility index (Phi) is 7.36. The number of carbonyl (C=O) groups is 1. The molecule has 0 saturated heterocycles. The van der Waals surface area contributed by atoms with Crippen LogP contribution in [0.3, 0.4) is 0 Å². The maximum atomic E-state index is 12.8. The van der Waals surface area contributed by atoms with E-state index in [2.05, 4.69) is 10.1 Å². The molecule has 5 rings (SSSR count). The Morgan fingerprint density at radius 3 is 2.61 bits per heavy atom. The minimum Gasteiger partial charge on any atom is -0.493 e. The Morgan fingerprint density at radius 2 is 1.83 bits per heavy atom. The number of nitrogens with one attached hydrogen (secondary N) is 1. The van der Waals surface area contributed by atoms with Crippen molar-refractivity contribution in [2.45, 2.75) is 32.1 Å². The smallest absolute Gasteiger partial charge is 0.283 e. The number of para-hydroxylation sites is 1. The maximum absolute atomic E-state index is 12.8. The molecule has 3 aliphatic rings. The van der Waals surface area contributed by atoms with Gasteiger partial charge in [0, 0.05) is 5.92 Å². The van der Waals surface area contributed by atoms with Crippen molar-refractivity contribution in [2.24, 2.45) is 16.0 Å². The number of amides is 1. The second kappa shape index (κ2) is 11.0. The number of nitrogens with zero attached hydrogens (tertiary/aromatic N) is 3. The fourth-order valence-corrected chi connectivity index (χ4v) is 5.47. The number of thioether (sulfide) groups is 1. The highest BCUT2D eigenvalue weighted by atomic mass is 32.2. The van der Waals surface area contributed by atoms with E-state index >= 15 is 0 Å². The zero-order valence-corrected chi connectivity index (χ0v) is 20.9. The zero-order valence-electron chi connectivity index (χ0n) is 20.1. The van der Waals surface area contributed by atoms with Crippen LogP contribution in [0.25, 0.3) is 6.08 Å². The van der Waals surface area contributed by atoms with Gasteiger partial charge in [-0.3, -0.25) is 10.2 Å². The summed E-state index contributed by atoms with van der Waals surface area (Å²) in [6.45, 7) is 0.739. The number of methoxy groups -OCH3 is 1. The molecule has 1 saturated carbocycles. The molecule has 0 radical (unpaired) electrons. The van der Waals surface area contributed by atoms with E-state index in [1.54, 1.807) is 25.3 Å². The minimum atomic E-state index is -0.434. The number of ether oxygens (including phenoxy) is 3. The third-order valence-corrected chi connectivity index (χ3v) is 7.35. The molecule has 2 aliphatic heterocycles. The first-order valence-electron chi connectivity index (χ1n) is 12.1. The Morgan fingerprint density at radius 1 is 1.06 bits per heavy atom. The van der Waals surface area contributed by atoms with E-state index in [4.69, 9.17) is 19.6 Å². The normalized spacial score (nSPS) is 19.1. The average Bonchev–Trinajstić information content (AvgIpc) is 3.35. The van der Waals surface area contributed by atoms with E-state index in [0.29, 0.717) is 41.4 Å². The number of carbonyl (C=O) groups excluding carboxylic acids is 1. The van der Waals surface area contributed by atoms with Gasteiger partial charge in [0.05, 0.1) is 12.7 Å². The number of fused-ring (bicyclic) bond motifs is 1. The second-order valence-electron chi connectivity index (χ2n) is 8.71. The molecular weight excluding hydrogens is 476 g/mol. The summed E-state index contributed by atoms with van der Waals surface area (Å²) in [5.74, 6) is 1.88. The quantitative estimate of drug-likeness (QED) is 0.384. The van der Waals surface area contributed by atoms with Crippen LogP contribution in [-0.2, 0) is 4.79 Å². The van der Waals surface area contributed by atoms with Crippen LogP contribution in [-0.4, -0.2) is 47.3 Å². The number of hydrazone groups is 1. The van der Waals surface area contributed by atoms with Crippen LogP contribution in [0.15, 0.2) is 64.2 Å². The largest absolute Gasteiger partial charge is 0.493 e. The van der Waals surface area contributed by atoms with Gasteiger partial charge in [-0.15, -0.1) is 0 Å². The number of hydrogen-bond donors (Lipinski definition) is 1. The molecule has 8 nitrogen and oxygen atoms in total. The lowest BCUT2D eigenvalue weighted by Crippen LogP contribution is -2.35. The molecule has 1 fully saturated rings. The van der Waals surface area contributed by atoms with Crippen LogP contribution in [0.2, 0.25) is 0 Å². The lowest BCUT2D eigenvalue weighted by Gasteiger charge is -2.20. The molecular formula is C27H28N4O4S. The molecule has 0 aromatic heterocycles. The predicted octanol–water partition coefficient (Wildman–Crippen LogP) is 5.35. The van der Waals surface area contributed by atoms with Gasteiger partial charge < -0.3 is 14.2 Å². The van der Waals surface area contributed by atoms with Gasteiger partial charge in [-0.1, -0.05) is 43.5 Å². The maximum Gasteiger partial charge on any atom is 0.283 e. The molecule has 2 aromatic rings. The standard InChI is InChI=1S/C27H28N4O4S/c1-33-23-17-18(12-13-22(23)35-15-14-34-20-10-6-3-7-11-20)16-21-24(28)31-27(29-25(21)32)36-26(30-31)19-8-4-2-5-9-19/h3,6-7,10-13,16-17,19,28H,2,4-5,8-9,14-15H2,1H3. The van der Waals surface area contributed by atoms with Crippen molar-refractivity contribution >= 4 is 39.8 Å². The van der Waals surface area contributed by atoms with E-state index in [-0.39, 0.29) is 11.4 Å². The molecule has 186 valence electrons. The van der Waals surface area contributed by atoms with Gasteiger partial charge in [-0.2, -0.15) is 15.1 Å². The first kappa shape index (κ1) is 24.1. The SMILES string of the molecule is COc1cc(C=C2C(=N)N3N=C(C4CCCCC4)SC3=NC2=O)ccc1OCCOc1ccccc1. The van der Waals surface area contributed by atoms with Crippen LogP contribution in [0.5, 0.6) is 17.2 Å². The molecule has 0 unspecified atom stereocenters. The summed E-state index contributed by atoms with van der Waals surface area (Å²) in [6.07, 6.45) is 7.50. The summed E-state index contributed by atoms with van der Waals surface area (Å²) in [6, 6.07) is 14.9. The molecule has 0 atom stereocenters. The van der Waals surface area contributed by atoms with Crippen LogP contribution in [0.4, 0.5) is 0 Å². The van der Waals surface area contributed by atoms with Gasteiger partial charge >= 0.3 is 0 Å². The summed E-state index contributed by atoms with van der Waals surface area (Å²) in [4.78, 5) is 17.0. The van der Waals surface area contributed by atoms with E-state index in [1.807, 2.05) is 36.4 Å². The van der Waals surface area contributed by atoms with Gasteiger partial charge in [0.1, 0.15) is 24.0 Å². The van der Waals surface area contributed by atoms with Crippen LogP contribution in [0, 0.1) is 11.3 Å². The average molecular weight is 505 g/mol. The second-order valence-corrected chi connectivity index (χ2v) is 9.70. The van der Waals surface area contributed by atoms with Crippen molar-refractivity contribution in [3.8, 4) is 17.2 Å². The fourth-order valence-electron chi connectivity index (χ4n) is 4.41. The number of benzene rings is 2. The van der Waals surface area contributed by atoms with E-state index in [1.165, 1.54) is 36.0 Å². The number of rotatable bonds is 8. The molecule has 1 N–H and O–H groups in total. The van der Waals surface area contributed by atoms with Gasteiger partial charge in [0.2, 0.25) is 5.17 Å². The number of aliphatic imine (C=N–C) groups is 1. The number of hydrogen-bond acceptors (Lipinski definition) is 7. The highest BCUT2D eigenvalue weighted by molar-refractivity contribution is 8.27. The highest BCUT2D eigenvalue weighted by Crippen LogP contribution is 2.36. The molecule has 36 heavy (non-hydrogen) atoms. The first-order valence-corrected chi connectivity index (χ1v) is 12.9. The third-order valence-electron chi connectivity index (χ3n) is 6.28. The summed E-state index contributed by atoms with van der Waals surface area (Å²) < 4.78 is 17.0. The molecule has 1 amide bonds. The molecule has 0 spiro atoms. The Balaban J connectivity index is 1.27. The summed E-state index contributed by atoms with van der Waals surface area (Å²) in [7, 11) is 1.56. The molecule has 1 aliphatic carbocycles. The van der Waals surface area contributed by atoms with E-state index < -0.39 is 5.91 Å². The van der Waals surface area contributed by atoms with Crippen molar-refractivity contribution < 1.29 is 19.0 Å². The van der Waals surface area contributed by atoms with Crippen molar-refractivity contribution in [3.63, 3.8) is 0 Å². The monoisotopic (exact) mass is 504 g/mol. The summed E-state index contributed by atoms with van der Waals surface area (Å²) in [5.41, 5.74) is 0.898. The van der Waals surface area contributed by atoms with Gasteiger partial charge in [0.25, 0.3) is 5.91 Å². The minimum absolute atomic E-state index is 0.0423. The van der Waals surface area contributed by atoms with Crippen molar-refractivity contribution in [1.82, 2.24) is 5.01 Å². The zero-order chi connectivity index (χ0) is 24.9. The van der Waals surface area contributed by atoms with Crippen molar-refractivity contribution in [2.75, 3.05) is 20.3 Å². The lowest BCUT2D eigenvalue weighted by atomic mass is 9.90. The first-order chi connectivity index (χ1) is 17.6. The van der Waals surface area contributed by atoms with Gasteiger partial charge in [0.15, 0.2) is 17.3 Å². The van der Waals surface area contributed by atoms with Crippen molar-refractivity contribution in [3.05, 3.63) is 59.7 Å². The van der Waals surface area contributed by atoms with Gasteiger partial charge in [-0.05, 0) is 60.5 Å². The Bertz CT molecular complexity index is 1240. The number of amidine groups is 2. The molecule has 2 heterocycles. The van der Waals surface area contributed by atoms with Gasteiger partial charge in [-0.25, -0.2) is 0 Å². The van der Waals surface area contributed by atoms with Crippen LogP contribution in [0.1, 0.15) is 37.7 Å². The fraction of sp³-hybridized carbons (Fsp3) is 0.333. The van der Waals surface area contributed by atoms with E-state index in [9.17, 15) is 4.79 Å². The molecule has 0 bridgehead atoms. The lowest BCUT2D eigenvalue weighted by molar-refractivity contribution is -0.114. The molecule has 9 heteroatoms. The summed E-state index contributed by atoms with van der Waals surface area (Å²) in [5, 5.41) is 16.2. The Labute approximate surface area is 214 Å². The van der Waals surface area contributed by atoms with Crippen molar-refractivity contribution in [1.29, 1.82) is 5.41 Å². The summed E-state index contributed by atoms with van der Waals surface area (Å²) >= 11 is 1.42.